The second kappa shape index (κ2) is 4.56. The number of aromatic nitrogens is 3. The molecule has 0 saturated heterocycles. The van der Waals surface area contributed by atoms with E-state index in [1.807, 2.05) is 18.2 Å². The standard InChI is InChI=1S/C16H14N4O2S/c1-8-14(9-2-3-10-12(6-9)22-16(21)18-10)19-15-20(8)11-4-5-17-7-13(11)23-15/h2-3,6,17H,4-5,7H2,1H3,(H,18,21). The van der Waals surface area contributed by atoms with Gasteiger partial charge in [-0.15, -0.1) is 0 Å². The number of imidazole rings is 1. The number of fused-ring (bicyclic) bond motifs is 4. The van der Waals surface area contributed by atoms with Crippen LogP contribution < -0.4 is 11.1 Å². The van der Waals surface area contributed by atoms with Crippen LogP contribution in [0.1, 0.15) is 16.3 Å². The van der Waals surface area contributed by atoms with Crippen LogP contribution >= 0.6 is 11.3 Å². The minimum atomic E-state index is -0.429. The number of oxazole rings is 1. The highest BCUT2D eigenvalue weighted by Gasteiger charge is 2.21. The Labute approximate surface area is 134 Å². The minimum Gasteiger partial charge on any atom is -0.408 e. The van der Waals surface area contributed by atoms with Gasteiger partial charge in [0.25, 0.3) is 0 Å². The van der Waals surface area contributed by atoms with Gasteiger partial charge in [0.05, 0.1) is 11.2 Å². The maximum absolute atomic E-state index is 11.3. The summed E-state index contributed by atoms with van der Waals surface area (Å²) in [5, 5.41) is 3.40. The molecule has 0 amide bonds. The van der Waals surface area contributed by atoms with Crippen molar-refractivity contribution in [1.82, 2.24) is 19.7 Å². The van der Waals surface area contributed by atoms with Crippen LogP contribution in [-0.4, -0.2) is 20.9 Å². The number of aromatic amines is 1. The van der Waals surface area contributed by atoms with Gasteiger partial charge in [-0.05, 0) is 19.1 Å². The number of rotatable bonds is 1. The van der Waals surface area contributed by atoms with Gasteiger partial charge in [0.2, 0.25) is 0 Å². The van der Waals surface area contributed by atoms with Gasteiger partial charge in [-0.25, -0.2) is 9.78 Å². The summed E-state index contributed by atoms with van der Waals surface area (Å²) < 4.78 is 7.44. The number of hydrogen-bond donors (Lipinski definition) is 2. The molecule has 5 rings (SSSR count). The van der Waals surface area contributed by atoms with Crippen LogP contribution in [0.15, 0.2) is 27.4 Å². The zero-order chi connectivity index (χ0) is 15.6. The molecule has 0 fully saturated rings. The first kappa shape index (κ1) is 13.1. The monoisotopic (exact) mass is 326 g/mol. The van der Waals surface area contributed by atoms with Crippen molar-refractivity contribution >= 4 is 27.4 Å². The lowest BCUT2D eigenvalue weighted by molar-refractivity contribution is 0.555. The number of aryl methyl sites for hydroxylation is 1. The Kier molecular flexibility index (Phi) is 2.60. The Morgan fingerprint density at radius 3 is 3.22 bits per heavy atom. The third kappa shape index (κ3) is 1.83. The molecule has 0 unspecified atom stereocenters. The SMILES string of the molecule is Cc1c(-c2ccc3[nH]c(=O)oc3c2)nc2sc3c(n12)CCNC3. The topological polar surface area (TPSA) is 75.3 Å². The van der Waals surface area contributed by atoms with Crippen molar-refractivity contribution in [3.05, 3.63) is 45.0 Å². The second-order valence-corrected chi connectivity index (χ2v) is 6.85. The molecule has 116 valence electrons. The lowest BCUT2D eigenvalue weighted by Gasteiger charge is -2.13. The van der Waals surface area contributed by atoms with E-state index in [9.17, 15) is 4.79 Å². The van der Waals surface area contributed by atoms with E-state index in [-0.39, 0.29) is 0 Å². The van der Waals surface area contributed by atoms with E-state index >= 15 is 0 Å². The van der Waals surface area contributed by atoms with Gasteiger partial charge in [0.15, 0.2) is 10.5 Å². The van der Waals surface area contributed by atoms with Crippen molar-refractivity contribution < 1.29 is 4.42 Å². The first-order valence-corrected chi connectivity index (χ1v) is 8.36. The van der Waals surface area contributed by atoms with Gasteiger partial charge < -0.3 is 9.73 Å². The number of nitrogens with zero attached hydrogens (tertiary/aromatic N) is 2. The average Bonchev–Trinajstić information content (AvgIpc) is 3.18. The summed E-state index contributed by atoms with van der Waals surface area (Å²) in [6.07, 6.45) is 1.03. The van der Waals surface area contributed by atoms with Crippen molar-refractivity contribution in [1.29, 1.82) is 0 Å². The van der Waals surface area contributed by atoms with Gasteiger partial charge >= 0.3 is 5.76 Å². The Balaban J connectivity index is 1.73. The highest BCUT2D eigenvalue weighted by atomic mass is 32.1. The Morgan fingerprint density at radius 1 is 1.39 bits per heavy atom. The molecular weight excluding hydrogens is 312 g/mol. The van der Waals surface area contributed by atoms with Crippen LogP contribution in [0.25, 0.3) is 27.3 Å². The summed E-state index contributed by atoms with van der Waals surface area (Å²) in [5.74, 6) is -0.429. The van der Waals surface area contributed by atoms with E-state index in [1.165, 1.54) is 10.6 Å². The lowest BCUT2D eigenvalue weighted by atomic mass is 10.1. The normalized spacial score (nSPS) is 14.7. The summed E-state index contributed by atoms with van der Waals surface area (Å²) >= 11 is 1.75. The molecular formula is C16H14N4O2S. The van der Waals surface area contributed by atoms with E-state index in [1.54, 1.807) is 11.3 Å². The van der Waals surface area contributed by atoms with Crippen LogP contribution in [0.5, 0.6) is 0 Å². The van der Waals surface area contributed by atoms with E-state index < -0.39 is 5.76 Å². The Bertz CT molecular complexity index is 1110. The lowest BCUT2D eigenvalue weighted by Crippen LogP contribution is -2.23. The molecule has 0 saturated carbocycles. The van der Waals surface area contributed by atoms with E-state index in [4.69, 9.17) is 9.40 Å². The number of nitrogens with one attached hydrogen (secondary N) is 2. The summed E-state index contributed by atoms with van der Waals surface area (Å²) in [5.41, 5.74) is 5.70. The molecule has 1 aliphatic heterocycles. The summed E-state index contributed by atoms with van der Waals surface area (Å²) in [6, 6.07) is 5.71. The molecule has 6 nitrogen and oxygen atoms in total. The van der Waals surface area contributed by atoms with Crippen LogP contribution in [0.3, 0.4) is 0 Å². The molecule has 3 aromatic heterocycles. The van der Waals surface area contributed by atoms with Gasteiger partial charge in [-0.3, -0.25) is 9.38 Å². The first-order valence-electron chi connectivity index (χ1n) is 7.54. The van der Waals surface area contributed by atoms with Crippen molar-refractivity contribution in [3.63, 3.8) is 0 Å². The number of thiazole rings is 1. The van der Waals surface area contributed by atoms with Gasteiger partial charge in [-0.1, -0.05) is 17.4 Å². The largest absolute Gasteiger partial charge is 0.417 e. The summed E-state index contributed by atoms with van der Waals surface area (Å²) in [4.78, 5) is 21.2. The van der Waals surface area contributed by atoms with Gasteiger partial charge in [0.1, 0.15) is 0 Å². The van der Waals surface area contributed by atoms with E-state index in [0.29, 0.717) is 11.1 Å². The Hall–Kier alpha value is -2.38. The average molecular weight is 326 g/mol. The fourth-order valence-electron chi connectivity index (χ4n) is 3.32. The Morgan fingerprint density at radius 2 is 2.30 bits per heavy atom. The maximum atomic E-state index is 11.3. The van der Waals surface area contributed by atoms with Crippen molar-refractivity contribution in [2.45, 2.75) is 19.9 Å². The number of H-pyrrole nitrogens is 1. The molecule has 0 atom stereocenters. The molecule has 7 heteroatoms. The molecule has 4 aromatic rings. The summed E-state index contributed by atoms with van der Waals surface area (Å²) in [7, 11) is 0. The van der Waals surface area contributed by atoms with Crippen LogP contribution in [0, 0.1) is 6.92 Å². The van der Waals surface area contributed by atoms with Crippen LogP contribution in [-0.2, 0) is 13.0 Å². The van der Waals surface area contributed by atoms with Gasteiger partial charge in [0, 0.05) is 41.3 Å². The molecule has 0 aliphatic carbocycles. The van der Waals surface area contributed by atoms with Crippen molar-refractivity contribution in [2.75, 3.05) is 6.54 Å². The molecule has 2 N–H and O–H groups in total. The maximum Gasteiger partial charge on any atom is 0.417 e. The highest BCUT2D eigenvalue weighted by molar-refractivity contribution is 7.17. The predicted molar refractivity (Wildman–Crippen MR) is 89.0 cm³/mol. The molecule has 0 radical (unpaired) electrons. The fourth-order valence-corrected chi connectivity index (χ4v) is 4.50. The molecule has 1 aromatic carbocycles. The summed E-state index contributed by atoms with van der Waals surface area (Å²) in [6.45, 7) is 4.03. The van der Waals surface area contributed by atoms with Crippen molar-refractivity contribution in [3.8, 4) is 11.3 Å². The molecule has 0 spiro atoms. The first-order chi connectivity index (χ1) is 11.2. The number of benzene rings is 1. The van der Waals surface area contributed by atoms with E-state index in [2.05, 4.69) is 21.6 Å². The number of hydrogen-bond acceptors (Lipinski definition) is 5. The van der Waals surface area contributed by atoms with E-state index in [0.717, 1.165) is 41.4 Å². The zero-order valence-electron chi connectivity index (χ0n) is 12.5. The fraction of sp³-hybridized carbons (Fsp3) is 0.250. The zero-order valence-corrected chi connectivity index (χ0v) is 13.3. The second-order valence-electron chi connectivity index (χ2n) is 5.79. The molecule has 23 heavy (non-hydrogen) atoms. The smallest absolute Gasteiger partial charge is 0.408 e. The van der Waals surface area contributed by atoms with Crippen molar-refractivity contribution in [2.24, 2.45) is 0 Å². The molecule has 4 heterocycles. The highest BCUT2D eigenvalue weighted by Crippen LogP contribution is 2.33. The van der Waals surface area contributed by atoms with Crippen LogP contribution in [0.2, 0.25) is 0 Å². The predicted octanol–water partition coefficient (Wildman–Crippen LogP) is 2.45. The third-order valence-corrected chi connectivity index (χ3v) is 5.48. The van der Waals surface area contributed by atoms with Crippen LogP contribution in [0.4, 0.5) is 0 Å². The molecule has 0 bridgehead atoms. The third-order valence-electron chi connectivity index (χ3n) is 4.40. The molecule has 1 aliphatic rings. The minimum absolute atomic E-state index is 0.429. The van der Waals surface area contributed by atoms with Gasteiger partial charge in [-0.2, -0.15) is 0 Å². The quantitative estimate of drug-likeness (QED) is 0.563.